The number of hydrogen-bond donors (Lipinski definition) is 0. The number of aryl methyl sites for hydroxylation is 2. The first-order valence-electron chi connectivity index (χ1n) is 11.4. The molecule has 34 heavy (non-hydrogen) atoms. The molecule has 0 aliphatic carbocycles. The lowest BCUT2D eigenvalue weighted by Crippen LogP contribution is -2.50. The highest BCUT2D eigenvalue weighted by Gasteiger charge is 2.23. The molecular weight excluding hydrogens is 450 g/mol. The molecule has 4 aromatic rings. The fourth-order valence-electron chi connectivity index (χ4n) is 4.59. The van der Waals surface area contributed by atoms with E-state index in [0.29, 0.717) is 29.2 Å². The van der Waals surface area contributed by atoms with E-state index in [2.05, 4.69) is 16.9 Å². The van der Waals surface area contributed by atoms with Crippen LogP contribution in [0.5, 0.6) is 0 Å². The summed E-state index contributed by atoms with van der Waals surface area (Å²) >= 11 is 6.18. The molecule has 0 radical (unpaired) electrons. The Morgan fingerprint density at radius 3 is 2.47 bits per heavy atom. The van der Waals surface area contributed by atoms with E-state index >= 15 is 0 Å². The lowest BCUT2D eigenvalue weighted by atomic mass is 10.1. The summed E-state index contributed by atoms with van der Waals surface area (Å²) in [7, 11) is 0. The lowest BCUT2D eigenvalue weighted by molar-refractivity contribution is -0.132. The third kappa shape index (κ3) is 4.07. The van der Waals surface area contributed by atoms with Gasteiger partial charge in [0.15, 0.2) is 0 Å². The Bertz CT molecular complexity index is 1420. The van der Waals surface area contributed by atoms with Crippen molar-refractivity contribution in [1.82, 2.24) is 19.2 Å². The molecule has 174 valence electrons. The van der Waals surface area contributed by atoms with Crippen molar-refractivity contribution in [3.63, 3.8) is 0 Å². The van der Waals surface area contributed by atoms with Crippen LogP contribution < -0.4 is 10.5 Å². The van der Waals surface area contributed by atoms with Gasteiger partial charge in [0, 0.05) is 43.1 Å². The van der Waals surface area contributed by atoms with Crippen LogP contribution in [0.15, 0.2) is 65.6 Å². The Kier molecular flexibility index (Phi) is 5.87. The van der Waals surface area contributed by atoms with Gasteiger partial charge in [-0.15, -0.1) is 0 Å². The van der Waals surface area contributed by atoms with Crippen LogP contribution >= 0.6 is 11.6 Å². The van der Waals surface area contributed by atoms with Crippen LogP contribution in [0.1, 0.15) is 11.3 Å². The number of benzene rings is 2. The van der Waals surface area contributed by atoms with Crippen LogP contribution in [0.3, 0.4) is 0 Å². The number of pyridine rings is 1. The van der Waals surface area contributed by atoms with E-state index < -0.39 is 0 Å². The van der Waals surface area contributed by atoms with Crippen molar-refractivity contribution in [2.24, 2.45) is 0 Å². The van der Waals surface area contributed by atoms with Crippen molar-refractivity contribution in [2.45, 2.75) is 20.4 Å². The molecule has 1 fully saturated rings. The highest BCUT2D eigenvalue weighted by Crippen LogP contribution is 2.25. The Hall–Kier alpha value is -3.58. The van der Waals surface area contributed by atoms with Gasteiger partial charge >= 0.3 is 0 Å². The highest BCUT2D eigenvalue weighted by atomic mass is 35.5. The standard InChI is InChI=1S/C26H26ClN5O2/c1-18-8-9-20(27)16-23(18)29-12-14-30(15-13-29)24(33)17-31-11-10-22-25(26(31)34)19(2)28-32(22)21-6-4-3-5-7-21/h3-11,16H,12-15,17H2,1-2H3. The van der Waals surface area contributed by atoms with Gasteiger partial charge in [-0.25, -0.2) is 4.68 Å². The van der Waals surface area contributed by atoms with Gasteiger partial charge in [-0.1, -0.05) is 35.9 Å². The zero-order valence-electron chi connectivity index (χ0n) is 19.2. The van der Waals surface area contributed by atoms with Crippen molar-refractivity contribution in [2.75, 3.05) is 31.1 Å². The number of carbonyl (C=O) groups excluding carboxylic acids is 1. The molecule has 0 atom stereocenters. The number of anilines is 1. The smallest absolute Gasteiger partial charge is 0.262 e. The van der Waals surface area contributed by atoms with Gasteiger partial charge < -0.3 is 14.4 Å². The van der Waals surface area contributed by atoms with E-state index in [1.54, 1.807) is 10.9 Å². The number of rotatable bonds is 4. The van der Waals surface area contributed by atoms with Gasteiger partial charge in [-0.3, -0.25) is 9.59 Å². The SMILES string of the molecule is Cc1ccc(Cl)cc1N1CCN(C(=O)Cn2ccc3c(c(C)nn3-c3ccccc3)c2=O)CC1. The molecule has 2 aromatic heterocycles. The number of aromatic nitrogens is 3. The molecule has 0 saturated carbocycles. The fraction of sp³-hybridized carbons (Fsp3) is 0.269. The quantitative estimate of drug-likeness (QED) is 0.450. The molecule has 7 nitrogen and oxygen atoms in total. The van der Waals surface area contributed by atoms with Crippen LogP contribution in [0.4, 0.5) is 5.69 Å². The number of nitrogens with zero attached hydrogens (tertiary/aromatic N) is 5. The molecule has 1 saturated heterocycles. The third-order valence-corrected chi connectivity index (χ3v) is 6.67. The van der Waals surface area contributed by atoms with Crippen molar-refractivity contribution in [1.29, 1.82) is 0 Å². The van der Waals surface area contributed by atoms with E-state index in [1.165, 1.54) is 4.57 Å². The summed E-state index contributed by atoms with van der Waals surface area (Å²) < 4.78 is 3.26. The van der Waals surface area contributed by atoms with E-state index in [-0.39, 0.29) is 18.0 Å². The summed E-state index contributed by atoms with van der Waals surface area (Å²) in [6.07, 6.45) is 1.69. The Balaban J connectivity index is 1.32. The topological polar surface area (TPSA) is 63.4 Å². The van der Waals surface area contributed by atoms with Crippen LogP contribution in [0.2, 0.25) is 5.02 Å². The van der Waals surface area contributed by atoms with Gasteiger partial charge in [0.1, 0.15) is 6.54 Å². The van der Waals surface area contributed by atoms with Crippen molar-refractivity contribution < 1.29 is 4.79 Å². The summed E-state index contributed by atoms with van der Waals surface area (Å²) in [6.45, 7) is 6.56. The normalized spacial score (nSPS) is 14.1. The maximum atomic E-state index is 13.2. The molecule has 0 bridgehead atoms. The molecule has 1 amide bonds. The number of fused-ring (bicyclic) bond motifs is 1. The van der Waals surface area contributed by atoms with E-state index in [4.69, 9.17) is 11.6 Å². The predicted molar refractivity (Wildman–Crippen MR) is 135 cm³/mol. The number of hydrogen-bond acceptors (Lipinski definition) is 4. The van der Waals surface area contributed by atoms with Gasteiger partial charge in [0.05, 0.1) is 22.3 Å². The molecule has 8 heteroatoms. The largest absolute Gasteiger partial charge is 0.368 e. The van der Waals surface area contributed by atoms with Gasteiger partial charge in [-0.05, 0) is 49.7 Å². The minimum absolute atomic E-state index is 0.0148. The van der Waals surface area contributed by atoms with Gasteiger partial charge in [-0.2, -0.15) is 5.10 Å². The molecule has 1 aliphatic heterocycles. The monoisotopic (exact) mass is 475 g/mol. The Morgan fingerprint density at radius 1 is 1.00 bits per heavy atom. The first-order chi connectivity index (χ1) is 16.4. The minimum Gasteiger partial charge on any atom is -0.368 e. The molecular formula is C26H26ClN5O2. The summed E-state index contributed by atoms with van der Waals surface area (Å²) in [6, 6.07) is 17.4. The van der Waals surface area contributed by atoms with E-state index in [1.807, 2.05) is 66.4 Å². The van der Waals surface area contributed by atoms with Crippen molar-refractivity contribution >= 4 is 34.1 Å². The maximum absolute atomic E-state index is 13.2. The Labute approximate surface area is 202 Å². The number of halogens is 1. The molecule has 3 heterocycles. The number of amides is 1. The second kappa shape index (κ2) is 8.99. The van der Waals surface area contributed by atoms with Crippen LogP contribution in [0.25, 0.3) is 16.6 Å². The second-order valence-electron chi connectivity index (χ2n) is 8.64. The van der Waals surface area contributed by atoms with Crippen molar-refractivity contribution in [3.05, 3.63) is 87.4 Å². The molecule has 5 rings (SSSR count). The average molecular weight is 476 g/mol. The zero-order valence-corrected chi connectivity index (χ0v) is 20.0. The average Bonchev–Trinajstić information content (AvgIpc) is 3.20. The van der Waals surface area contributed by atoms with Crippen LogP contribution in [-0.4, -0.2) is 51.3 Å². The summed E-state index contributed by atoms with van der Waals surface area (Å²) in [5, 5.41) is 5.82. The summed E-state index contributed by atoms with van der Waals surface area (Å²) in [5.74, 6) is -0.0583. The molecule has 2 aromatic carbocycles. The minimum atomic E-state index is -0.196. The lowest BCUT2D eigenvalue weighted by Gasteiger charge is -2.37. The number of piperazine rings is 1. The van der Waals surface area contributed by atoms with Gasteiger partial charge in [0.25, 0.3) is 5.56 Å². The molecule has 0 N–H and O–H groups in total. The maximum Gasteiger partial charge on any atom is 0.262 e. The first kappa shape index (κ1) is 22.2. The first-order valence-corrected chi connectivity index (χ1v) is 11.7. The number of para-hydroxylation sites is 1. The van der Waals surface area contributed by atoms with Crippen LogP contribution in [-0.2, 0) is 11.3 Å². The highest BCUT2D eigenvalue weighted by molar-refractivity contribution is 6.30. The Morgan fingerprint density at radius 2 is 1.74 bits per heavy atom. The number of carbonyl (C=O) groups is 1. The van der Waals surface area contributed by atoms with E-state index in [0.717, 1.165) is 35.5 Å². The summed E-state index contributed by atoms with van der Waals surface area (Å²) in [4.78, 5) is 30.4. The zero-order chi connectivity index (χ0) is 23.8. The predicted octanol–water partition coefficient (Wildman–Crippen LogP) is 3.81. The summed E-state index contributed by atoms with van der Waals surface area (Å²) in [5.41, 5.74) is 4.35. The molecule has 0 spiro atoms. The molecule has 1 aliphatic rings. The molecule has 0 unspecified atom stereocenters. The van der Waals surface area contributed by atoms with Crippen molar-refractivity contribution in [3.8, 4) is 5.69 Å². The second-order valence-corrected chi connectivity index (χ2v) is 9.08. The van der Waals surface area contributed by atoms with Gasteiger partial charge in [0.2, 0.25) is 5.91 Å². The van der Waals surface area contributed by atoms with Crippen LogP contribution in [0, 0.1) is 13.8 Å². The fourth-order valence-corrected chi connectivity index (χ4v) is 4.76. The third-order valence-electron chi connectivity index (χ3n) is 6.43. The van der Waals surface area contributed by atoms with E-state index in [9.17, 15) is 9.59 Å².